The van der Waals surface area contributed by atoms with Gasteiger partial charge in [0.25, 0.3) is 0 Å². The molecule has 3 aliphatic carbocycles. The maximum absolute atomic E-state index is 13.7. The van der Waals surface area contributed by atoms with E-state index in [4.69, 9.17) is 4.74 Å². The smallest absolute Gasteiger partial charge is 0.331 e. The van der Waals surface area contributed by atoms with Crippen LogP contribution in [-0.4, -0.2) is 40.8 Å². The number of likely N-dealkylation sites (tertiary alicyclic amines) is 1. The van der Waals surface area contributed by atoms with Gasteiger partial charge in [0.2, 0.25) is 11.8 Å². The Balaban J connectivity index is 1.16. The molecule has 2 aromatic rings. The zero-order valence-electron chi connectivity index (χ0n) is 23.7. The Labute approximate surface area is 243 Å². The van der Waals surface area contributed by atoms with Gasteiger partial charge in [0, 0.05) is 40.3 Å². The van der Waals surface area contributed by atoms with Crippen LogP contribution in [0.15, 0.2) is 65.4 Å². The number of hydrogen-bond donors (Lipinski definition) is 1. The molecule has 2 heterocycles. The lowest BCUT2D eigenvalue weighted by Gasteiger charge is -2.39. The average molecular weight is 565 g/mol. The molecule has 1 N–H and O–H groups in total. The number of rotatable bonds is 4. The molecule has 2 amide bonds. The number of benzene rings is 2. The van der Waals surface area contributed by atoms with Crippen molar-refractivity contribution in [3.8, 4) is 5.75 Å². The van der Waals surface area contributed by atoms with Crippen LogP contribution in [0.25, 0.3) is 5.70 Å². The Hall–Kier alpha value is -4.33. The SMILES string of the molecule is CC1(C)CC(=O)C2=C(C1)NC1=C(C(=O)c3ccccc31)C2c1ccc(OC(=O)CN2C(=O)C3CCCCC3C2=O)cc1. The number of ketones is 2. The highest BCUT2D eigenvalue weighted by Gasteiger charge is 2.49. The third kappa shape index (κ3) is 4.15. The lowest BCUT2D eigenvalue weighted by atomic mass is 9.68. The Bertz CT molecular complexity index is 1620. The van der Waals surface area contributed by atoms with Crippen LogP contribution in [0.4, 0.5) is 0 Å². The van der Waals surface area contributed by atoms with E-state index in [0.29, 0.717) is 42.4 Å². The quantitative estimate of drug-likeness (QED) is 0.326. The van der Waals surface area contributed by atoms with Crippen LogP contribution in [0.3, 0.4) is 0 Å². The van der Waals surface area contributed by atoms with Gasteiger partial charge in [-0.05, 0) is 42.4 Å². The molecule has 0 spiro atoms. The molecule has 0 bridgehead atoms. The topological polar surface area (TPSA) is 110 Å². The lowest BCUT2D eigenvalue weighted by molar-refractivity contribution is -0.148. The second-order valence-corrected chi connectivity index (χ2v) is 12.9. The Morgan fingerprint density at radius 3 is 2.19 bits per heavy atom. The molecule has 1 saturated heterocycles. The molecule has 2 aliphatic heterocycles. The highest BCUT2D eigenvalue weighted by molar-refractivity contribution is 6.23. The van der Waals surface area contributed by atoms with Crippen molar-refractivity contribution in [3.63, 3.8) is 0 Å². The number of amides is 2. The minimum Gasteiger partial charge on any atom is -0.425 e. The third-order valence-electron chi connectivity index (χ3n) is 9.39. The lowest BCUT2D eigenvalue weighted by Crippen LogP contribution is -2.37. The monoisotopic (exact) mass is 564 g/mol. The molecular weight excluding hydrogens is 532 g/mol. The maximum atomic E-state index is 13.7. The first kappa shape index (κ1) is 26.6. The van der Waals surface area contributed by atoms with Gasteiger partial charge in [0.1, 0.15) is 12.3 Å². The highest BCUT2D eigenvalue weighted by atomic mass is 16.5. The Morgan fingerprint density at radius 2 is 1.52 bits per heavy atom. The van der Waals surface area contributed by atoms with Gasteiger partial charge >= 0.3 is 5.97 Å². The first-order chi connectivity index (χ1) is 20.1. The molecule has 1 saturated carbocycles. The van der Waals surface area contributed by atoms with E-state index in [1.165, 1.54) is 0 Å². The zero-order chi connectivity index (χ0) is 29.3. The molecule has 2 fully saturated rings. The number of nitrogens with zero attached hydrogens (tertiary/aromatic N) is 1. The van der Waals surface area contributed by atoms with E-state index in [9.17, 15) is 24.0 Å². The number of nitrogens with one attached hydrogen (secondary N) is 1. The second kappa shape index (κ2) is 9.61. The van der Waals surface area contributed by atoms with Gasteiger partial charge in [0.05, 0.1) is 17.5 Å². The fourth-order valence-electron chi connectivity index (χ4n) is 7.53. The molecule has 5 aliphatic rings. The van der Waals surface area contributed by atoms with Crippen molar-refractivity contribution in [2.75, 3.05) is 6.54 Å². The van der Waals surface area contributed by atoms with Gasteiger partial charge in [-0.15, -0.1) is 0 Å². The minimum atomic E-state index is -0.689. The number of allylic oxidation sites excluding steroid dienone is 3. The van der Waals surface area contributed by atoms with Crippen LogP contribution < -0.4 is 10.1 Å². The number of fused-ring (bicyclic) bond motifs is 3. The van der Waals surface area contributed by atoms with Crippen molar-refractivity contribution in [3.05, 3.63) is 82.1 Å². The summed E-state index contributed by atoms with van der Waals surface area (Å²) in [6.45, 7) is 3.73. The summed E-state index contributed by atoms with van der Waals surface area (Å²) in [5.41, 5.74) is 4.76. The second-order valence-electron chi connectivity index (χ2n) is 12.9. The van der Waals surface area contributed by atoms with E-state index in [2.05, 4.69) is 19.2 Å². The number of hydrogen-bond acceptors (Lipinski definition) is 7. The normalized spacial score (nSPS) is 26.0. The molecule has 0 radical (unpaired) electrons. The number of carbonyl (C=O) groups excluding carboxylic acids is 5. The van der Waals surface area contributed by atoms with Gasteiger partial charge in [-0.3, -0.25) is 24.1 Å². The summed E-state index contributed by atoms with van der Waals surface area (Å²) in [5, 5.41) is 3.48. The Kier molecular flexibility index (Phi) is 6.08. The van der Waals surface area contributed by atoms with Crippen LogP contribution in [0.1, 0.15) is 79.8 Å². The molecule has 42 heavy (non-hydrogen) atoms. The largest absolute Gasteiger partial charge is 0.425 e. The van der Waals surface area contributed by atoms with E-state index in [1.807, 2.05) is 24.3 Å². The first-order valence-electron chi connectivity index (χ1n) is 14.7. The molecule has 0 aromatic heterocycles. The van der Waals surface area contributed by atoms with Crippen molar-refractivity contribution in [1.29, 1.82) is 0 Å². The van der Waals surface area contributed by atoms with Crippen molar-refractivity contribution in [1.82, 2.24) is 10.2 Å². The van der Waals surface area contributed by atoms with Gasteiger partial charge in [0.15, 0.2) is 11.6 Å². The predicted octanol–water partition coefficient (Wildman–Crippen LogP) is 4.70. The van der Waals surface area contributed by atoms with Crippen LogP contribution in [-0.2, 0) is 19.2 Å². The molecule has 8 heteroatoms. The number of Topliss-reactive ketones (excluding diaryl/α,β-unsaturated/α-hetero) is 2. The number of imide groups is 1. The number of carbonyl (C=O) groups is 5. The van der Waals surface area contributed by atoms with Crippen LogP contribution in [0, 0.1) is 17.3 Å². The molecular formula is C34H32N2O6. The van der Waals surface area contributed by atoms with Crippen molar-refractivity contribution < 1.29 is 28.7 Å². The summed E-state index contributed by atoms with van der Waals surface area (Å²) < 4.78 is 5.53. The molecule has 2 aromatic carbocycles. The molecule has 7 rings (SSSR count). The zero-order valence-corrected chi connectivity index (χ0v) is 23.7. The molecule has 3 atom stereocenters. The van der Waals surface area contributed by atoms with Crippen molar-refractivity contribution in [2.24, 2.45) is 17.3 Å². The van der Waals surface area contributed by atoms with Gasteiger partial charge in [-0.2, -0.15) is 0 Å². The van der Waals surface area contributed by atoms with E-state index < -0.39 is 18.4 Å². The number of ether oxygens (including phenoxy) is 1. The summed E-state index contributed by atoms with van der Waals surface area (Å²) in [6, 6.07) is 14.3. The summed E-state index contributed by atoms with van der Waals surface area (Å²) in [6.07, 6.45) is 4.27. The standard InChI is InChI=1S/C34H32N2O6/c1-34(2)15-24-28(25(37)16-34)27(29-30(35-24)20-7-3-4-8-21(20)31(29)39)18-11-13-19(14-12-18)42-26(38)17-36-32(40)22-9-5-6-10-23(22)33(36)41/h3-4,7-8,11-14,22-23,27,35H,5-6,9-10,15-17H2,1-2H3. The van der Waals surface area contributed by atoms with Crippen LogP contribution in [0.2, 0.25) is 0 Å². The van der Waals surface area contributed by atoms with Crippen molar-refractivity contribution in [2.45, 2.75) is 58.3 Å². The fraction of sp³-hybridized carbons (Fsp3) is 0.382. The molecule has 8 nitrogen and oxygen atoms in total. The van der Waals surface area contributed by atoms with Crippen LogP contribution in [0.5, 0.6) is 5.75 Å². The van der Waals surface area contributed by atoms with Gasteiger partial charge in [-0.25, -0.2) is 4.79 Å². The number of esters is 1. The number of dihydropyridines is 1. The molecule has 214 valence electrons. The van der Waals surface area contributed by atoms with E-state index in [-0.39, 0.29) is 46.4 Å². The van der Waals surface area contributed by atoms with Crippen molar-refractivity contribution >= 4 is 35.0 Å². The summed E-state index contributed by atoms with van der Waals surface area (Å²) in [5.74, 6) is -2.26. The van der Waals surface area contributed by atoms with Gasteiger partial charge in [-0.1, -0.05) is 63.1 Å². The summed E-state index contributed by atoms with van der Waals surface area (Å²) >= 11 is 0. The fourth-order valence-corrected chi connectivity index (χ4v) is 7.53. The van der Waals surface area contributed by atoms with E-state index in [1.54, 1.807) is 24.3 Å². The summed E-state index contributed by atoms with van der Waals surface area (Å²) in [7, 11) is 0. The average Bonchev–Trinajstić information content (AvgIpc) is 3.38. The first-order valence-corrected chi connectivity index (χ1v) is 14.7. The molecule has 3 unspecified atom stereocenters. The maximum Gasteiger partial charge on any atom is 0.331 e. The predicted molar refractivity (Wildman–Crippen MR) is 153 cm³/mol. The summed E-state index contributed by atoms with van der Waals surface area (Å²) in [4.78, 5) is 66.6. The van der Waals surface area contributed by atoms with Crippen LogP contribution >= 0.6 is 0 Å². The Morgan fingerprint density at radius 1 is 0.881 bits per heavy atom. The highest BCUT2D eigenvalue weighted by Crippen LogP contribution is 2.51. The minimum absolute atomic E-state index is 0.0186. The van der Waals surface area contributed by atoms with E-state index >= 15 is 0 Å². The van der Waals surface area contributed by atoms with E-state index in [0.717, 1.165) is 40.3 Å². The van der Waals surface area contributed by atoms with Gasteiger partial charge < -0.3 is 10.1 Å². The third-order valence-corrected chi connectivity index (χ3v) is 9.39.